The van der Waals surface area contributed by atoms with E-state index >= 15 is 0 Å². The second-order valence-electron chi connectivity index (χ2n) is 5.84. The molecular weight excluding hydrogens is 318 g/mol. The molecule has 0 aliphatic carbocycles. The van der Waals surface area contributed by atoms with Gasteiger partial charge in [-0.15, -0.1) is 0 Å². The summed E-state index contributed by atoms with van der Waals surface area (Å²) in [5.74, 6) is 0.283. The average Bonchev–Trinajstić information content (AvgIpc) is 2.35. The lowest BCUT2D eigenvalue weighted by Crippen LogP contribution is -2.32. The zero-order valence-electron chi connectivity index (χ0n) is 12.6. The maximum Gasteiger partial charge on any atom is 0.144 e. The third-order valence-electron chi connectivity index (χ3n) is 3.51. The first-order valence-corrected chi connectivity index (χ1v) is 7.56. The molecular formula is C15H24BrN3O. The van der Waals surface area contributed by atoms with E-state index in [2.05, 4.69) is 52.4 Å². The third kappa shape index (κ3) is 4.40. The lowest BCUT2D eigenvalue weighted by atomic mass is 9.86. The maximum absolute atomic E-state index is 8.74. The molecule has 0 heterocycles. The second-order valence-corrected chi connectivity index (χ2v) is 6.69. The molecule has 112 valence electrons. The van der Waals surface area contributed by atoms with Crippen LogP contribution in [0.5, 0.6) is 0 Å². The van der Waals surface area contributed by atoms with Gasteiger partial charge in [-0.2, -0.15) is 0 Å². The van der Waals surface area contributed by atoms with Crippen LogP contribution in [-0.2, 0) is 0 Å². The number of halogens is 1. The van der Waals surface area contributed by atoms with E-state index < -0.39 is 0 Å². The lowest BCUT2D eigenvalue weighted by molar-refractivity contribution is 0.305. The Labute approximate surface area is 129 Å². The van der Waals surface area contributed by atoms with E-state index in [1.165, 1.54) is 11.1 Å². The number of amidine groups is 1. The first kappa shape index (κ1) is 16.8. The molecule has 1 aromatic carbocycles. The SMILES string of the molecule is Cc1cc(C)c(NCCCC(C)(C)/C(N)=N/O)c(Br)c1. The molecule has 4 nitrogen and oxygen atoms in total. The summed E-state index contributed by atoms with van der Waals surface area (Å²) in [7, 11) is 0. The van der Waals surface area contributed by atoms with E-state index in [9.17, 15) is 0 Å². The summed E-state index contributed by atoms with van der Waals surface area (Å²) in [6.45, 7) is 9.00. The maximum atomic E-state index is 8.74. The quantitative estimate of drug-likeness (QED) is 0.240. The first-order valence-electron chi connectivity index (χ1n) is 6.76. The number of nitrogens with zero attached hydrogens (tertiary/aromatic N) is 1. The van der Waals surface area contributed by atoms with Gasteiger partial charge in [-0.25, -0.2) is 0 Å². The van der Waals surface area contributed by atoms with Gasteiger partial charge < -0.3 is 16.3 Å². The molecule has 4 N–H and O–H groups in total. The number of nitrogens with two attached hydrogens (primary N) is 1. The fourth-order valence-electron chi connectivity index (χ4n) is 2.15. The normalized spacial score (nSPS) is 12.6. The molecule has 0 bridgehead atoms. The largest absolute Gasteiger partial charge is 0.409 e. The average molecular weight is 342 g/mol. The molecule has 0 fully saturated rings. The van der Waals surface area contributed by atoms with Crippen LogP contribution in [0.4, 0.5) is 5.69 Å². The molecule has 0 saturated heterocycles. The Hall–Kier alpha value is -1.23. The number of hydrogen-bond donors (Lipinski definition) is 3. The van der Waals surface area contributed by atoms with E-state index in [0.29, 0.717) is 0 Å². The highest BCUT2D eigenvalue weighted by molar-refractivity contribution is 9.10. The smallest absolute Gasteiger partial charge is 0.144 e. The summed E-state index contributed by atoms with van der Waals surface area (Å²) >= 11 is 3.59. The molecule has 0 unspecified atom stereocenters. The number of benzene rings is 1. The zero-order chi connectivity index (χ0) is 15.3. The minimum absolute atomic E-state index is 0.282. The molecule has 0 aliphatic rings. The Balaban J connectivity index is 2.54. The van der Waals surface area contributed by atoms with Crippen molar-refractivity contribution in [1.82, 2.24) is 0 Å². The van der Waals surface area contributed by atoms with Gasteiger partial charge >= 0.3 is 0 Å². The molecule has 0 spiro atoms. The Kier molecular flexibility index (Phi) is 5.87. The van der Waals surface area contributed by atoms with Crippen LogP contribution in [0.3, 0.4) is 0 Å². The number of nitrogens with one attached hydrogen (secondary N) is 1. The van der Waals surface area contributed by atoms with Crippen LogP contribution in [0.15, 0.2) is 21.8 Å². The fourth-order valence-corrected chi connectivity index (χ4v) is 2.96. The van der Waals surface area contributed by atoms with Gasteiger partial charge in [0.25, 0.3) is 0 Å². The van der Waals surface area contributed by atoms with Crippen LogP contribution in [0.25, 0.3) is 0 Å². The molecule has 0 aliphatic heterocycles. The number of oxime groups is 1. The molecule has 20 heavy (non-hydrogen) atoms. The Morgan fingerprint density at radius 2 is 2.05 bits per heavy atom. The highest BCUT2D eigenvalue weighted by Gasteiger charge is 2.22. The number of aryl methyl sites for hydroxylation is 2. The van der Waals surface area contributed by atoms with Crippen LogP contribution in [0.2, 0.25) is 0 Å². The molecule has 0 atom stereocenters. The van der Waals surface area contributed by atoms with E-state index in [0.717, 1.165) is 29.5 Å². The van der Waals surface area contributed by atoms with E-state index in [1.54, 1.807) is 0 Å². The van der Waals surface area contributed by atoms with Crippen molar-refractivity contribution in [3.8, 4) is 0 Å². The van der Waals surface area contributed by atoms with E-state index in [4.69, 9.17) is 10.9 Å². The van der Waals surface area contributed by atoms with Crippen LogP contribution >= 0.6 is 15.9 Å². The molecule has 0 amide bonds. The van der Waals surface area contributed by atoms with E-state index in [-0.39, 0.29) is 11.3 Å². The number of anilines is 1. The molecule has 1 aromatic rings. The van der Waals surface area contributed by atoms with Gasteiger partial charge in [0.05, 0.1) is 5.69 Å². The van der Waals surface area contributed by atoms with Gasteiger partial charge in [-0.3, -0.25) is 0 Å². The predicted molar refractivity (Wildman–Crippen MR) is 88.5 cm³/mol. The lowest BCUT2D eigenvalue weighted by Gasteiger charge is -2.23. The highest BCUT2D eigenvalue weighted by atomic mass is 79.9. The van der Waals surface area contributed by atoms with Gasteiger partial charge in [-0.05, 0) is 59.8 Å². The van der Waals surface area contributed by atoms with Crippen LogP contribution < -0.4 is 11.1 Å². The van der Waals surface area contributed by atoms with Crippen molar-refractivity contribution < 1.29 is 5.21 Å². The van der Waals surface area contributed by atoms with E-state index in [1.807, 2.05) is 13.8 Å². The molecule has 5 heteroatoms. The second kappa shape index (κ2) is 6.97. The molecule has 1 rings (SSSR count). The first-order chi connectivity index (χ1) is 9.27. The van der Waals surface area contributed by atoms with Crippen molar-refractivity contribution in [3.63, 3.8) is 0 Å². The van der Waals surface area contributed by atoms with Crippen molar-refractivity contribution in [2.24, 2.45) is 16.3 Å². The highest BCUT2D eigenvalue weighted by Crippen LogP contribution is 2.28. The number of hydrogen-bond acceptors (Lipinski definition) is 3. The summed E-state index contributed by atoms with van der Waals surface area (Å²) in [6.07, 6.45) is 1.81. The van der Waals surface area contributed by atoms with Crippen molar-refractivity contribution >= 4 is 27.5 Å². The van der Waals surface area contributed by atoms with Gasteiger partial charge in [-0.1, -0.05) is 25.1 Å². The molecule has 0 saturated carbocycles. The Morgan fingerprint density at radius 1 is 1.40 bits per heavy atom. The number of rotatable bonds is 6. The summed E-state index contributed by atoms with van der Waals surface area (Å²) < 4.78 is 1.09. The van der Waals surface area contributed by atoms with Crippen LogP contribution in [0, 0.1) is 19.3 Å². The van der Waals surface area contributed by atoms with Crippen molar-refractivity contribution in [2.75, 3.05) is 11.9 Å². The molecule has 0 aromatic heterocycles. The summed E-state index contributed by atoms with van der Waals surface area (Å²) in [5, 5.41) is 15.3. The monoisotopic (exact) mass is 341 g/mol. The summed E-state index contributed by atoms with van der Waals surface area (Å²) in [5.41, 5.74) is 9.01. The van der Waals surface area contributed by atoms with Crippen molar-refractivity contribution in [3.05, 3.63) is 27.7 Å². The minimum atomic E-state index is -0.282. The van der Waals surface area contributed by atoms with Crippen molar-refractivity contribution in [2.45, 2.75) is 40.5 Å². The predicted octanol–water partition coefficient (Wildman–Crippen LogP) is 4.03. The third-order valence-corrected chi connectivity index (χ3v) is 4.14. The van der Waals surface area contributed by atoms with Gasteiger partial charge in [0, 0.05) is 16.4 Å². The van der Waals surface area contributed by atoms with Gasteiger partial charge in [0.15, 0.2) is 0 Å². The van der Waals surface area contributed by atoms with Gasteiger partial charge in [0.1, 0.15) is 5.84 Å². The van der Waals surface area contributed by atoms with Crippen LogP contribution in [0.1, 0.15) is 37.8 Å². The standard InChI is InChI=1S/C15H24BrN3O/c1-10-8-11(2)13(12(16)9-10)18-7-5-6-15(3,4)14(17)19-20/h8-9,18,20H,5-7H2,1-4H3,(H2,17,19). The minimum Gasteiger partial charge on any atom is -0.409 e. The van der Waals surface area contributed by atoms with Crippen LogP contribution in [-0.4, -0.2) is 17.6 Å². The van der Waals surface area contributed by atoms with Crippen molar-refractivity contribution in [1.29, 1.82) is 0 Å². The van der Waals surface area contributed by atoms with Gasteiger partial charge in [0.2, 0.25) is 0 Å². The Bertz CT molecular complexity index is 475. The zero-order valence-corrected chi connectivity index (χ0v) is 14.2. The summed E-state index contributed by atoms with van der Waals surface area (Å²) in [6, 6.07) is 4.27. The summed E-state index contributed by atoms with van der Waals surface area (Å²) in [4.78, 5) is 0. The molecule has 0 radical (unpaired) electrons. The topological polar surface area (TPSA) is 70.6 Å². The Morgan fingerprint density at radius 3 is 2.60 bits per heavy atom. The fraction of sp³-hybridized carbons (Fsp3) is 0.533.